The van der Waals surface area contributed by atoms with E-state index >= 15 is 0 Å². The summed E-state index contributed by atoms with van der Waals surface area (Å²) in [5.74, 6) is -0.651. The Morgan fingerprint density at radius 3 is 2.00 bits per heavy atom. The Labute approximate surface area is 60.1 Å². The van der Waals surface area contributed by atoms with Crippen LogP contribution in [-0.2, 0) is 4.79 Å². The molecule has 0 aromatic heterocycles. The van der Waals surface area contributed by atoms with Crippen molar-refractivity contribution < 1.29 is 9.90 Å². The summed E-state index contributed by atoms with van der Waals surface area (Å²) in [5.41, 5.74) is 0. The van der Waals surface area contributed by atoms with Crippen LogP contribution in [0.3, 0.4) is 0 Å². The first-order valence-electron chi connectivity index (χ1n) is 3.13. The Morgan fingerprint density at radius 2 is 1.89 bits per heavy atom. The van der Waals surface area contributed by atoms with Gasteiger partial charge in [0, 0.05) is 0 Å². The first kappa shape index (κ1) is 9.27. The van der Waals surface area contributed by atoms with Crippen LogP contribution in [-0.4, -0.2) is 29.5 Å². The van der Waals surface area contributed by atoms with E-state index in [0.717, 1.165) is 4.44 Å². The summed E-state index contributed by atoms with van der Waals surface area (Å²) in [4.78, 5) is 16.8. The summed E-state index contributed by atoms with van der Waals surface area (Å²) in [6.45, 7) is 0. The van der Waals surface area contributed by atoms with Crippen molar-refractivity contribution in [1.29, 1.82) is 0 Å². The van der Waals surface area contributed by atoms with E-state index in [9.17, 15) is 4.79 Å². The zero-order valence-electron chi connectivity index (χ0n) is 6.27. The number of hydrogen-bond acceptors (Lipinski definition) is 1. The van der Waals surface area contributed by atoms with Gasteiger partial charge in [0.25, 0.3) is 0 Å². The van der Waals surface area contributed by atoms with Crippen LogP contribution in [0.5, 0.6) is 0 Å². The molecule has 0 aromatic carbocycles. The van der Waals surface area contributed by atoms with E-state index in [2.05, 4.69) is 14.8 Å². The van der Waals surface area contributed by atoms with Crippen LogP contribution < -0.4 is 0 Å². The molecule has 0 aliphatic rings. The fourth-order valence-corrected chi connectivity index (χ4v) is 3.23. The van der Waals surface area contributed by atoms with Crippen molar-refractivity contribution in [2.24, 2.45) is 0 Å². The van der Waals surface area contributed by atoms with E-state index < -0.39 is 24.3 Å². The number of aliphatic carboxylic acids is 1. The van der Waals surface area contributed by atoms with Crippen LogP contribution in [0.4, 0.5) is 0 Å². The minimum absolute atomic E-state index is 0.375. The van der Waals surface area contributed by atoms with Crippen molar-refractivity contribution in [3.05, 3.63) is 0 Å². The second-order valence-corrected chi connectivity index (χ2v) is 19.5. The van der Waals surface area contributed by atoms with Gasteiger partial charge in [0.2, 0.25) is 0 Å². The fourth-order valence-electron chi connectivity index (χ4n) is 0.482. The van der Waals surface area contributed by atoms with Crippen molar-refractivity contribution in [3.63, 3.8) is 0 Å². The SMILES string of the molecule is [CH3][Sn]([CH3])([CH3])[CH2]CC(=O)O. The van der Waals surface area contributed by atoms with Crippen LogP contribution in [0.15, 0.2) is 0 Å². The molecule has 0 aromatic rings. The van der Waals surface area contributed by atoms with E-state index in [0.29, 0.717) is 6.42 Å². The normalized spacial score (nSPS) is 11.4. The Hall–Kier alpha value is 0.269. The maximum absolute atomic E-state index is 10.1. The molecule has 0 fully saturated rings. The molecule has 1 N–H and O–H groups in total. The second-order valence-electron chi connectivity index (χ2n) is 3.45. The number of carboxylic acids is 1. The summed E-state index contributed by atoms with van der Waals surface area (Å²) in [5, 5.41) is 8.31. The van der Waals surface area contributed by atoms with Gasteiger partial charge in [0.1, 0.15) is 0 Å². The first-order chi connectivity index (χ1) is 3.92. The molecule has 0 amide bonds. The summed E-state index contributed by atoms with van der Waals surface area (Å²) < 4.78 is 0.962. The standard InChI is InChI=1S/C3H5O2.3CH3.Sn/c1-2-3(4)5;;;;/h1-2H2,(H,4,5);3*1H3;. The molecule has 0 spiro atoms. The molecule has 9 heavy (non-hydrogen) atoms. The Kier molecular flexibility index (Phi) is 3.54. The molecular formula is C6H14O2Sn. The average Bonchev–Trinajstić information content (AvgIpc) is 1.59. The van der Waals surface area contributed by atoms with Gasteiger partial charge in [-0.3, -0.25) is 0 Å². The van der Waals surface area contributed by atoms with Gasteiger partial charge in [-0.05, 0) is 0 Å². The molecular weight excluding hydrogens is 223 g/mol. The van der Waals surface area contributed by atoms with Gasteiger partial charge in [-0.2, -0.15) is 0 Å². The monoisotopic (exact) mass is 238 g/mol. The van der Waals surface area contributed by atoms with Gasteiger partial charge in [-0.1, -0.05) is 0 Å². The van der Waals surface area contributed by atoms with Crippen molar-refractivity contribution in [2.45, 2.75) is 25.7 Å². The van der Waals surface area contributed by atoms with Gasteiger partial charge in [0.05, 0.1) is 0 Å². The van der Waals surface area contributed by atoms with Gasteiger partial charge in [0.15, 0.2) is 0 Å². The summed E-state index contributed by atoms with van der Waals surface area (Å²) in [6, 6.07) is 0. The molecule has 54 valence electrons. The average molecular weight is 237 g/mol. The first-order valence-corrected chi connectivity index (χ1v) is 13.7. The predicted octanol–water partition coefficient (Wildman–Crippen LogP) is 1.80. The van der Waals surface area contributed by atoms with Crippen molar-refractivity contribution in [3.8, 4) is 0 Å². The molecule has 0 heterocycles. The summed E-state index contributed by atoms with van der Waals surface area (Å²) in [7, 11) is 0. The van der Waals surface area contributed by atoms with E-state index in [1.54, 1.807) is 0 Å². The van der Waals surface area contributed by atoms with E-state index in [-0.39, 0.29) is 0 Å². The minimum atomic E-state index is -1.74. The number of rotatable bonds is 3. The van der Waals surface area contributed by atoms with Crippen LogP contribution in [0.2, 0.25) is 19.3 Å². The molecule has 2 nitrogen and oxygen atoms in total. The Morgan fingerprint density at radius 1 is 1.44 bits per heavy atom. The number of hydrogen-bond donors (Lipinski definition) is 1. The van der Waals surface area contributed by atoms with Gasteiger partial charge >= 0.3 is 59.9 Å². The van der Waals surface area contributed by atoms with Crippen LogP contribution in [0.25, 0.3) is 0 Å². The van der Waals surface area contributed by atoms with Gasteiger partial charge in [-0.15, -0.1) is 0 Å². The summed E-state index contributed by atoms with van der Waals surface area (Å²) in [6.07, 6.45) is 0.375. The molecule has 0 atom stereocenters. The number of carboxylic acid groups (broad SMARTS) is 1. The van der Waals surface area contributed by atoms with Gasteiger partial charge in [-0.25, -0.2) is 0 Å². The Bertz CT molecular complexity index is 104. The molecule has 0 saturated heterocycles. The third-order valence-electron chi connectivity index (χ3n) is 1.09. The van der Waals surface area contributed by atoms with Gasteiger partial charge < -0.3 is 0 Å². The Balaban J connectivity index is 3.39. The van der Waals surface area contributed by atoms with E-state index in [1.165, 1.54) is 0 Å². The van der Waals surface area contributed by atoms with Crippen LogP contribution >= 0.6 is 0 Å². The summed E-state index contributed by atoms with van der Waals surface area (Å²) >= 11 is -1.74. The predicted molar refractivity (Wildman–Crippen MR) is 40.4 cm³/mol. The zero-order chi connectivity index (χ0) is 7.49. The third-order valence-corrected chi connectivity index (χ3v) is 6.08. The quantitative estimate of drug-likeness (QED) is 0.759. The molecule has 0 radical (unpaired) electrons. The zero-order valence-corrected chi connectivity index (χ0v) is 9.12. The van der Waals surface area contributed by atoms with Crippen molar-refractivity contribution >= 4 is 24.3 Å². The molecule has 0 bridgehead atoms. The molecule has 0 unspecified atom stereocenters. The molecule has 0 aliphatic carbocycles. The molecule has 0 saturated carbocycles. The maximum atomic E-state index is 10.1. The number of carbonyl (C=O) groups is 1. The van der Waals surface area contributed by atoms with Crippen molar-refractivity contribution in [2.75, 3.05) is 0 Å². The fraction of sp³-hybridized carbons (Fsp3) is 0.833. The molecule has 0 rings (SSSR count). The van der Waals surface area contributed by atoms with Crippen molar-refractivity contribution in [1.82, 2.24) is 0 Å². The molecule has 0 aliphatic heterocycles. The van der Waals surface area contributed by atoms with E-state index in [1.807, 2.05) is 0 Å². The topological polar surface area (TPSA) is 37.3 Å². The second kappa shape index (κ2) is 3.44. The molecule has 3 heteroatoms. The van der Waals surface area contributed by atoms with Crippen LogP contribution in [0.1, 0.15) is 6.42 Å². The van der Waals surface area contributed by atoms with E-state index in [4.69, 9.17) is 5.11 Å². The van der Waals surface area contributed by atoms with Crippen LogP contribution in [0, 0.1) is 0 Å². The third kappa shape index (κ3) is 8.27.